The Labute approximate surface area is 104 Å². The van der Waals surface area contributed by atoms with E-state index in [0.29, 0.717) is 6.04 Å². The highest BCUT2D eigenvalue weighted by atomic mass is 35.5. The fourth-order valence-electron chi connectivity index (χ4n) is 1.39. The van der Waals surface area contributed by atoms with Crippen molar-refractivity contribution in [3.8, 4) is 10.6 Å². The van der Waals surface area contributed by atoms with Crippen LogP contribution in [-0.4, -0.2) is 16.0 Å². The lowest BCUT2D eigenvalue weighted by Gasteiger charge is -1.96. The lowest BCUT2D eigenvalue weighted by Crippen LogP contribution is -1.97. The van der Waals surface area contributed by atoms with E-state index in [1.54, 1.807) is 17.5 Å². The first-order valence-electron chi connectivity index (χ1n) is 5.04. The third-order valence-corrected chi connectivity index (χ3v) is 3.32. The molecule has 1 saturated carbocycles. The molecule has 2 aromatic heterocycles. The Balaban J connectivity index is 0.000000963. The van der Waals surface area contributed by atoms with Gasteiger partial charge in [-0.05, 0) is 25.0 Å². The summed E-state index contributed by atoms with van der Waals surface area (Å²) in [5.41, 5.74) is 1.09. The van der Waals surface area contributed by atoms with E-state index in [4.69, 9.17) is 0 Å². The van der Waals surface area contributed by atoms with Gasteiger partial charge >= 0.3 is 0 Å². The highest BCUT2D eigenvalue weighted by molar-refractivity contribution is 7.18. The average molecular weight is 254 g/mol. The first-order valence-corrected chi connectivity index (χ1v) is 5.86. The van der Waals surface area contributed by atoms with Gasteiger partial charge in [0.15, 0.2) is 0 Å². The lowest BCUT2D eigenvalue weighted by atomic mass is 10.3. The van der Waals surface area contributed by atoms with E-state index in [0.717, 1.165) is 15.6 Å². The number of rotatable bonds is 3. The molecule has 1 fully saturated rings. The van der Waals surface area contributed by atoms with E-state index in [-0.39, 0.29) is 12.4 Å². The summed E-state index contributed by atoms with van der Waals surface area (Å²) < 4.78 is 0. The zero-order valence-electron chi connectivity index (χ0n) is 8.59. The van der Waals surface area contributed by atoms with Gasteiger partial charge in [-0.2, -0.15) is 0 Å². The lowest BCUT2D eigenvalue weighted by molar-refractivity contribution is 1.16. The second-order valence-electron chi connectivity index (χ2n) is 3.69. The maximum atomic E-state index is 4.38. The van der Waals surface area contributed by atoms with Gasteiger partial charge in [0.05, 0.1) is 6.20 Å². The van der Waals surface area contributed by atoms with Crippen molar-refractivity contribution in [1.29, 1.82) is 0 Å². The normalized spacial score (nSPS) is 14.2. The minimum Gasteiger partial charge on any atom is -0.373 e. The van der Waals surface area contributed by atoms with Crippen molar-refractivity contribution in [2.75, 3.05) is 5.32 Å². The van der Waals surface area contributed by atoms with Crippen LogP contribution < -0.4 is 5.32 Å². The second kappa shape index (κ2) is 4.80. The Bertz CT molecular complexity index is 453. The van der Waals surface area contributed by atoms with Gasteiger partial charge in [0, 0.05) is 24.0 Å². The molecule has 0 bridgehead atoms. The predicted octanol–water partition coefficient (Wildman–Crippen LogP) is 3.20. The highest BCUT2D eigenvalue weighted by Gasteiger charge is 2.21. The van der Waals surface area contributed by atoms with Crippen LogP contribution in [0.3, 0.4) is 0 Å². The molecule has 0 atom stereocenters. The molecular formula is C11H12ClN3S. The van der Waals surface area contributed by atoms with Crippen LogP contribution in [0.2, 0.25) is 0 Å². The van der Waals surface area contributed by atoms with Gasteiger partial charge in [-0.1, -0.05) is 11.3 Å². The molecule has 0 saturated heterocycles. The number of thiazole rings is 1. The van der Waals surface area contributed by atoms with Crippen molar-refractivity contribution in [2.24, 2.45) is 0 Å². The molecule has 0 aliphatic heterocycles. The molecule has 2 heterocycles. The maximum absolute atomic E-state index is 4.38. The molecule has 0 unspecified atom stereocenters. The van der Waals surface area contributed by atoms with Crippen LogP contribution in [0.25, 0.3) is 10.6 Å². The maximum Gasteiger partial charge on any atom is 0.126 e. The van der Waals surface area contributed by atoms with Gasteiger partial charge in [-0.3, -0.25) is 4.98 Å². The van der Waals surface area contributed by atoms with E-state index in [9.17, 15) is 0 Å². The molecule has 0 radical (unpaired) electrons. The molecular weight excluding hydrogens is 242 g/mol. The number of nitrogens with one attached hydrogen (secondary N) is 1. The van der Waals surface area contributed by atoms with Gasteiger partial charge in [0.2, 0.25) is 0 Å². The van der Waals surface area contributed by atoms with Gasteiger partial charge in [0.1, 0.15) is 10.0 Å². The largest absolute Gasteiger partial charge is 0.373 e. The summed E-state index contributed by atoms with van der Waals surface area (Å²) in [7, 11) is 0. The van der Waals surface area contributed by atoms with Crippen molar-refractivity contribution >= 4 is 28.7 Å². The first kappa shape index (κ1) is 11.4. The van der Waals surface area contributed by atoms with Gasteiger partial charge < -0.3 is 5.32 Å². The topological polar surface area (TPSA) is 37.8 Å². The van der Waals surface area contributed by atoms with E-state index < -0.39 is 0 Å². The SMILES string of the molecule is Cl.c1cncc(-c2ncc(NC3CC3)s2)c1. The number of anilines is 1. The highest BCUT2D eigenvalue weighted by Crippen LogP contribution is 2.31. The van der Waals surface area contributed by atoms with Crippen LogP contribution in [0.4, 0.5) is 5.00 Å². The molecule has 0 aromatic carbocycles. The third-order valence-electron chi connectivity index (χ3n) is 2.34. The summed E-state index contributed by atoms with van der Waals surface area (Å²) in [5, 5.41) is 5.64. The number of nitrogens with zero attached hydrogens (tertiary/aromatic N) is 2. The zero-order chi connectivity index (χ0) is 10.1. The summed E-state index contributed by atoms with van der Waals surface area (Å²) in [6, 6.07) is 4.66. The van der Waals surface area contributed by atoms with Gasteiger partial charge in [-0.15, -0.1) is 12.4 Å². The van der Waals surface area contributed by atoms with Crippen molar-refractivity contribution in [3.05, 3.63) is 30.7 Å². The summed E-state index contributed by atoms with van der Waals surface area (Å²) in [4.78, 5) is 8.47. The molecule has 2 aromatic rings. The Morgan fingerprint density at radius 3 is 2.88 bits per heavy atom. The molecule has 84 valence electrons. The quantitative estimate of drug-likeness (QED) is 0.913. The molecule has 1 N–H and O–H groups in total. The number of halogens is 1. The van der Waals surface area contributed by atoms with Gasteiger partial charge in [-0.25, -0.2) is 4.98 Å². The van der Waals surface area contributed by atoms with Gasteiger partial charge in [0.25, 0.3) is 0 Å². The minimum absolute atomic E-state index is 0. The Hall–Kier alpha value is -1.13. The summed E-state index contributed by atoms with van der Waals surface area (Å²) >= 11 is 1.69. The molecule has 0 spiro atoms. The molecule has 3 nitrogen and oxygen atoms in total. The van der Waals surface area contributed by atoms with Crippen molar-refractivity contribution in [2.45, 2.75) is 18.9 Å². The van der Waals surface area contributed by atoms with E-state index in [2.05, 4.69) is 15.3 Å². The first-order chi connectivity index (χ1) is 7.42. The average Bonchev–Trinajstić information content (AvgIpc) is 2.96. The number of aromatic nitrogens is 2. The molecule has 1 aliphatic rings. The molecule has 0 amide bonds. The number of hydrogen-bond donors (Lipinski definition) is 1. The van der Waals surface area contributed by atoms with Crippen molar-refractivity contribution in [3.63, 3.8) is 0 Å². The number of pyridine rings is 1. The second-order valence-corrected chi connectivity index (χ2v) is 4.72. The van der Waals surface area contributed by atoms with Crippen LogP contribution in [0.5, 0.6) is 0 Å². The standard InChI is InChI=1S/C11H11N3S.ClH/c1-2-8(6-12-5-1)11-13-7-10(15-11)14-9-3-4-9;/h1-2,5-7,9,14H,3-4H2;1H. The molecule has 1 aliphatic carbocycles. The van der Waals surface area contributed by atoms with Crippen LogP contribution in [0, 0.1) is 0 Å². The monoisotopic (exact) mass is 253 g/mol. The summed E-state index contributed by atoms with van der Waals surface area (Å²) in [6.45, 7) is 0. The molecule has 3 rings (SSSR count). The summed E-state index contributed by atoms with van der Waals surface area (Å²) in [5.74, 6) is 0. The third kappa shape index (κ3) is 2.51. The zero-order valence-corrected chi connectivity index (χ0v) is 10.2. The Morgan fingerprint density at radius 2 is 2.19 bits per heavy atom. The number of hydrogen-bond acceptors (Lipinski definition) is 4. The van der Waals surface area contributed by atoms with E-state index in [1.165, 1.54) is 12.8 Å². The van der Waals surface area contributed by atoms with Crippen molar-refractivity contribution < 1.29 is 0 Å². The fourth-order valence-corrected chi connectivity index (χ4v) is 2.28. The van der Waals surface area contributed by atoms with Crippen LogP contribution in [-0.2, 0) is 0 Å². The van der Waals surface area contributed by atoms with E-state index >= 15 is 0 Å². The summed E-state index contributed by atoms with van der Waals surface area (Å²) in [6.07, 6.45) is 8.12. The van der Waals surface area contributed by atoms with E-state index in [1.807, 2.05) is 24.5 Å². The Kier molecular flexibility index (Phi) is 3.41. The van der Waals surface area contributed by atoms with Crippen LogP contribution in [0.1, 0.15) is 12.8 Å². The molecule has 16 heavy (non-hydrogen) atoms. The minimum atomic E-state index is 0. The van der Waals surface area contributed by atoms with Crippen LogP contribution >= 0.6 is 23.7 Å². The van der Waals surface area contributed by atoms with Crippen molar-refractivity contribution in [1.82, 2.24) is 9.97 Å². The fraction of sp³-hybridized carbons (Fsp3) is 0.273. The smallest absolute Gasteiger partial charge is 0.126 e. The Morgan fingerprint density at radius 1 is 1.31 bits per heavy atom. The predicted molar refractivity (Wildman–Crippen MR) is 69.2 cm³/mol. The van der Waals surface area contributed by atoms with Crippen LogP contribution in [0.15, 0.2) is 30.7 Å². The molecule has 5 heteroatoms.